The van der Waals surface area contributed by atoms with E-state index in [0.717, 1.165) is 5.03 Å². The van der Waals surface area contributed by atoms with Crippen molar-refractivity contribution < 1.29 is 0 Å². The van der Waals surface area contributed by atoms with Crippen LogP contribution < -0.4 is 0 Å². The quantitative estimate of drug-likeness (QED) is 0.866. The van der Waals surface area contributed by atoms with Crippen molar-refractivity contribution in [2.45, 2.75) is 36.6 Å². The van der Waals surface area contributed by atoms with Gasteiger partial charge in [0.25, 0.3) is 0 Å². The van der Waals surface area contributed by atoms with Crippen LogP contribution in [0, 0.1) is 6.92 Å². The van der Waals surface area contributed by atoms with E-state index in [-0.39, 0.29) is 0 Å². The highest BCUT2D eigenvalue weighted by molar-refractivity contribution is 7.99. The smallest absolute Gasteiger partial charge is 0.122 e. The maximum Gasteiger partial charge on any atom is 0.122 e. The van der Waals surface area contributed by atoms with Crippen molar-refractivity contribution in [3.8, 4) is 0 Å². The lowest BCUT2D eigenvalue weighted by molar-refractivity contribution is 0.805. The lowest BCUT2D eigenvalue weighted by Crippen LogP contribution is -1.89. The Labute approximate surface area is 101 Å². The van der Waals surface area contributed by atoms with E-state index in [2.05, 4.69) is 55.0 Å². The molecule has 0 aliphatic carbocycles. The second-order valence-corrected chi connectivity index (χ2v) is 5.25. The van der Waals surface area contributed by atoms with E-state index in [1.165, 1.54) is 16.2 Å². The topological polar surface area (TPSA) is 28.7 Å². The highest BCUT2D eigenvalue weighted by Crippen LogP contribution is 2.31. The molecule has 16 heavy (non-hydrogen) atoms. The van der Waals surface area contributed by atoms with Crippen molar-refractivity contribution in [1.82, 2.24) is 9.97 Å². The number of hydrogen-bond donors (Lipinski definition) is 1. The number of hydrogen-bond acceptors (Lipinski definition) is 2. The summed E-state index contributed by atoms with van der Waals surface area (Å²) in [6.45, 7) is 6.45. The molecule has 0 saturated heterocycles. The van der Waals surface area contributed by atoms with Crippen LogP contribution in [0.1, 0.15) is 31.0 Å². The normalized spacial score (nSPS) is 11.0. The maximum atomic E-state index is 4.36. The molecule has 1 aromatic carbocycles. The first-order valence-corrected chi connectivity index (χ1v) is 6.26. The van der Waals surface area contributed by atoms with Crippen LogP contribution in [0.15, 0.2) is 40.5 Å². The fourth-order valence-corrected chi connectivity index (χ4v) is 2.51. The summed E-state index contributed by atoms with van der Waals surface area (Å²) in [5, 5.41) is 1.08. The molecular weight excluding hydrogens is 216 g/mol. The van der Waals surface area contributed by atoms with E-state index >= 15 is 0 Å². The lowest BCUT2D eigenvalue weighted by Gasteiger charge is -2.05. The third-order valence-electron chi connectivity index (χ3n) is 2.45. The number of rotatable bonds is 3. The Morgan fingerprint density at radius 3 is 2.50 bits per heavy atom. The van der Waals surface area contributed by atoms with Crippen molar-refractivity contribution in [2.75, 3.05) is 0 Å². The Kier molecular flexibility index (Phi) is 3.34. The fraction of sp³-hybridized carbons (Fsp3) is 0.308. The number of aryl methyl sites for hydroxylation is 1. The Morgan fingerprint density at radius 1 is 1.19 bits per heavy atom. The number of benzene rings is 1. The van der Waals surface area contributed by atoms with Gasteiger partial charge in [-0.25, -0.2) is 4.98 Å². The number of nitrogens with zero attached hydrogens (tertiary/aromatic N) is 1. The van der Waals surface area contributed by atoms with Gasteiger partial charge in [-0.05, 0) is 25.0 Å². The molecule has 2 aromatic rings. The van der Waals surface area contributed by atoms with Crippen LogP contribution in [-0.2, 0) is 0 Å². The molecule has 2 rings (SSSR count). The third kappa shape index (κ3) is 2.47. The van der Waals surface area contributed by atoms with Crippen LogP contribution >= 0.6 is 11.8 Å². The summed E-state index contributed by atoms with van der Waals surface area (Å²) in [7, 11) is 0. The number of aromatic amines is 1. The Morgan fingerprint density at radius 2 is 1.88 bits per heavy atom. The molecule has 84 valence electrons. The van der Waals surface area contributed by atoms with Gasteiger partial charge in [0.2, 0.25) is 0 Å². The molecule has 0 saturated carbocycles. The molecule has 0 spiro atoms. The molecule has 1 aromatic heterocycles. The van der Waals surface area contributed by atoms with Gasteiger partial charge >= 0.3 is 0 Å². The van der Waals surface area contributed by atoms with E-state index in [1.54, 1.807) is 18.1 Å². The SMILES string of the molecule is Cc1ccc(Sc2nc[nH]c2C(C)C)cc1. The minimum Gasteiger partial charge on any atom is -0.347 e. The summed E-state index contributed by atoms with van der Waals surface area (Å²) in [6, 6.07) is 8.53. The largest absolute Gasteiger partial charge is 0.347 e. The van der Waals surface area contributed by atoms with Crippen LogP contribution in [0.25, 0.3) is 0 Å². The van der Waals surface area contributed by atoms with Crippen LogP contribution in [0.5, 0.6) is 0 Å². The van der Waals surface area contributed by atoms with Crippen LogP contribution in [0.3, 0.4) is 0 Å². The summed E-state index contributed by atoms with van der Waals surface area (Å²) in [5.74, 6) is 0.482. The standard InChI is InChI=1S/C13H16N2S/c1-9(2)12-13(15-8-14-12)16-11-6-4-10(3)5-7-11/h4-9H,1-3H3,(H,14,15). The molecule has 3 heteroatoms. The molecule has 0 aliphatic rings. The van der Waals surface area contributed by atoms with Crippen LogP contribution in [0.2, 0.25) is 0 Å². The second kappa shape index (κ2) is 4.74. The predicted molar refractivity (Wildman–Crippen MR) is 68.0 cm³/mol. The van der Waals surface area contributed by atoms with E-state index in [4.69, 9.17) is 0 Å². The Bertz CT molecular complexity index is 457. The van der Waals surface area contributed by atoms with Gasteiger partial charge in [-0.2, -0.15) is 0 Å². The third-order valence-corrected chi connectivity index (χ3v) is 3.47. The van der Waals surface area contributed by atoms with Crippen molar-refractivity contribution in [3.05, 3.63) is 41.9 Å². The van der Waals surface area contributed by atoms with Crippen LogP contribution in [-0.4, -0.2) is 9.97 Å². The van der Waals surface area contributed by atoms with Crippen molar-refractivity contribution in [2.24, 2.45) is 0 Å². The van der Waals surface area contributed by atoms with Crippen molar-refractivity contribution >= 4 is 11.8 Å². The minimum absolute atomic E-state index is 0.482. The summed E-state index contributed by atoms with van der Waals surface area (Å²) >= 11 is 1.72. The highest BCUT2D eigenvalue weighted by Gasteiger charge is 2.10. The zero-order valence-corrected chi connectivity index (χ0v) is 10.6. The Balaban J connectivity index is 2.20. The molecule has 1 heterocycles. The molecule has 2 nitrogen and oxygen atoms in total. The first-order chi connectivity index (χ1) is 7.66. The summed E-state index contributed by atoms with van der Waals surface area (Å²) in [4.78, 5) is 8.80. The maximum absolute atomic E-state index is 4.36. The van der Waals surface area contributed by atoms with Gasteiger partial charge in [-0.3, -0.25) is 0 Å². The van der Waals surface area contributed by atoms with Gasteiger partial charge in [0.15, 0.2) is 0 Å². The van der Waals surface area contributed by atoms with Gasteiger partial charge < -0.3 is 4.98 Å². The molecule has 0 aliphatic heterocycles. The summed E-state index contributed by atoms with van der Waals surface area (Å²) in [6.07, 6.45) is 1.77. The molecule has 0 amide bonds. The molecule has 0 atom stereocenters. The second-order valence-electron chi connectivity index (χ2n) is 4.19. The number of imidazole rings is 1. The van der Waals surface area contributed by atoms with Crippen LogP contribution in [0.4, 0.5) is 0 Å². The Hall–Kier alpha value is -1.22. The zero-order valence-electron chi connectivity index (χ0n) is 9.82. The fourth-order valence-electron chi connectivity index (χ4n) is 1.50. The van der Waals surface area contributed by atoms with E-state index in [9.17, 15) is 0 Å². The van der Waals surface area contributed by atoms with Crippen molar-refractivity contribution in [3.63, 3.8) is 0 Å². The highest BCUT2D eigenvalue weighted by atomic mass is 32.2. The van der Waals surface area contributed by atoms with Gasteiger partial charge in [-0.15, -0.1) is 0 Å². The summed E-state index contributed by atoms with van der Waals surface area (Å²) in [5.41, 5.74) is 2.50. The van der Waals surface area contributed by atoms with Crippen molar-refractivity contribution in [1.29, 1.82) is 0 Å². The van der Waals surface area contributed by atoms with Gasteiger partial charge in [0.05, 0.1) is 12.0 Å². The van der Waals surface area contributed by atoms with Gasteiger partial charge in [-0.1, -0.05) is 43.3 Å². The monoisotopic (exact) mass is 232 g/mol. The average molecular weight is 232 g/mol. The molecular formula is C13H16N2S. The zero-order chi connectivity index (χ0) is 11.5. The number of nitrogens with one attached hydrogen (secondary N) is 1. The minimum atomic E-state index is 0.482. The first-order valence-electron chi connectivity index (χ1n) is 5.44. The number of aromatic nitrogens is 2. The van der Waals surface area contributed by atoms with E-state index in [0.29, 0.717) is 5.92 Å². The first kappa shape index (κ1) is 11.3. The lowest BCUT2D eigenvalue weighted by atomic mass is 10.2. The molecule has 0 fully saturated rings. The molecule has 0 bridgehead atoms. The molecule has 0 unspecified atom stereocenters. The van der Waals surface area contributed by atoms with Gasteiger partial charge in [0.1, 0.15) is 5.03 Å². The predicted octanol–water partition coefficient (Wildman–Crippen LogP) is 3.99. The molecule has 0 radical (unpaired) electrons. The summed E-state index contributed by atoms with van der Waals surface area (Å²) < 4.78 is 0. The van der Waals surface area contributed by atoms with E-state index in [1.807, 2.05) is 0 Å². The average Bonchev–Trinajstić information content (AvgIpc) is 2.69. The number of H-pyrrole nitrogens is 1. The van der Waals surface area contributed by atoms with Gasteiger partial charge in [0, 0.05) is 4.90 Å². The molecule has 1 N–H and O–H groups in total. The van der Waals surface area contributed by atoms with E-state index < -0.39 is 0 Å².